The van der Waals surface area contributed by atoms with Gasteiger partial charge in [0, 0.05) is 27.4 Å². The summed E-state index contributed by atoms with van der Waals surface area (Å²) in [6.45, 7) is 4.23. The molecule has 0 heterocycles. The molecule has 1 aromatic rings. The summed E-state index contributed by atoms with van der Waals surface area (Å²) in [5, 5.41) is 2.64. The number of benzene rings is 1. The highest BCUT2D eigenvalue weighted by molar-refractivity contribution is 5.92. The lowest BCUT2D eigenvalue weighted by atomic mass is 10.0. The number of rotatable bonds is 8. The van der Waals surface area contributed by atoms with Crippen LogP contribution in [0.1, 0.15) is 26.3 Å². The zero-order valence-electron chi connectivity index (χ0n) is 16.0. The predicted octanol–water partition coefficient (Wildman–Crippen LogP) is 0.628. The minimum absolute atomic E-state index is 0.130. The second-order valence-corrected chi connectivity index (χ2v) is 6.43. The molecule has 3 amide bonds. The molecule has 26 heavy (non-hydrogen) atoms. The first-order valence-electron chi connectivity index (χ1n) is 8.45. The monoisotopic (exact) mass is 361 g/mol. The number of nitrogens with one attached hydrogen (secondary N) is 1. The summed E-state index contributed by atoms with van der Waals surface area (Å²) in [4.78, 5) is 50.5. The zero-order valence-corrected chi connectivity index (χ0v) is 16.0. The maximum absolute atomic E-state index is 12.7. The van der Waals surface area contributed by atoms with E-state index in [-0.39, 0.29) is 30.0 Å². The molecular weight excluding hydrogens is 334 g/mol. The Bertz CT molecular complexity index is 660. The summed E-state index contributed by atoms with van der Waals surface area (Å²) in [7, 11) is 3.04. The van der Waals surface area contributed by atoms with E-state index in [4.69, 9.17) is 0 Å². The van der Waals surface area contributed by atoms with Crippen LogP contribution < -0.4 is 5.32 Å². The van der Waals surface area contributed by atoms with Gasteiger partial charge < -0.3 is 15.1 Å². The van der Waals surface area contributed by atoms with Crippen LogP contribution in [0.2, 0.25) is 0 Å². The van der Waals surface area contributed by atoms with Gasteiger partial charge in [-0.1, -0.05) is 30.3 Å². The van der Waals surface area contributed by atoms with Crippen LogP contribution in [0.4, 0.5) is 0 Å². The summed E-state index contributed by atoms with van der Waals surface area (Å²) in [6, 6.07) is 8.01. The van der Waals surface area contributed by atoms with Crippen molar-refractivity contribution in [3.63, 3.8) is 0 Å². The Kier molecular flexibility index (Phi) is 7.96. The highest BCUT2D eigenvalue weighted by Gasteiger charge is 2.27. The molecule has 0 aliphatic heterocycles. The fourth-order valence-electron chi connectivity index (χ4n) is 2.44. The molecule has 0 saturated heterocycles. The van der Waals surface area contributed by atoms with E-state index in [2.05, 4.69) is 5.32 Å². The third kappa shape index (κ3) is 6.31. The smallest absolute Gasteiger partial charge is 0.245 e. The first-order valence-corrected chi connectivity index (χ1v) is 8.45. The Morgan fingerprint density at radius 2 is 1.62 bits per heavy atom. The molecule has 0 aliphatic rings. The molecule has 142 valence electrons. The molecule has 2 atom stereocenters. The first-order chi connectivity index (χ1) is 12.1. The molecule has 1 aromatic carbocycles. The molecule has 0 aromatic heterocycles. The average molecular weight is 361 g/mol. The van der Waals surface area contributed by atoms with Crippen LogP contribution in [-0.2, 0) is 25.6 Å². The molecule has 1 rings (SSSR count). The van der Waals surface area contributed by atoms with Crippen molar-refractivity contribution in [3.05, 3.63) is 35.9 Å². The molecule has 0 fully saturated rings. The van der Waals surface area contributed by atoms with Gasteiger partial charge in [-0.25, -0.2) is 0 Å². The number of hydrogen-bond donors (Lipinski definition) is 1. The van der Waals surface area contributed by atoms with Crippen molar-refractivity contribution >= 4 is 23.5 Å². The molecule has 1 unspecified atom stereocenters. The maximum atomic E-state index is 12.7. The van der Waals surface area contributed by atoms with Gasteiger partial charge in [-0.15, -0.1) is 0 Å². The first kappa shape index (κ1) is 21.3. The summed E-state index contributed by atoms with van der Waals surface area (Å²) in [5.74, 6) is -1.15. The number of hydrogen-bond acceptors (Lipinski definition) is 4. The summed E-state index contributed by atoms with van der Waals surface area (Å²) < 4.78 is 0. The number of ketones is 1. The van der Waals surface area contributed by atoms with Gasteiger partial charge in [0.25, 0.3) is 0 Å². The lowest BCUT2D eigenvalue weighted by Crippen LogP contribution is -2.51. The van der Waals surface area contributed by atoms with Crippen LogP contribution >= 0.6 is 0 Å². The average Bonchev–Trinajstić information content (AvgIpc) is 2.59. The van der Waals surface area contributed by atoms with Crippen LogP contribution in [0.25, 0.3) is 0 Å². The fraction of sp³-hybridized carbons (Fsp3) is 0.474. The van der Waals surface area contributed by atoms with E-state index < -0.39 is 12.1 Å². The van der Waals surface area contributed by atoms with E-state index in [0.717, 1.165) is 5.56 Å². The van der Waals surface area contributed by atoms with Gasteiger partial charge in [0.15, 0.2) is 5.78 Å². The Morgan fingerprint density at radius 3 is 2.12 bits per heavy atom. The third-order valence-electron chi connectivity index (χ3n) is 4.27. The Labute approximate surface area is 154 Å². The van der Waals surface area contributed by atoms with Crippen LogP contribution in [-0.4, -0.2) is 66.0 Å². The van der Waals surface area contributed by atoms with Crippen molar-refractivity contribution in [2.24, 2.45) is 0 Å². The van der Waals surface area contributed by atoms with Gasteiger partial charge in [-0.2, -0.15) is 0 Å². The fourth-order valence-corrected chi connectivity index (χ4v) is 2.44. The van der Waals surface area contributed by atoms with E-state index in [1.54, 1.807) is 6.92 Å². The van der Waals surface area contributed by atoms with Gasteiger partial charge in [-0.3, -0.25) is 19.2 Å². The number of carbonyl (C=O) groups excluding carboxylic acids is 4. The second kappa shape index (κ2) is 9.70. The van der Waals surface area contributed by atoms with E-state index >= 15 is 0 Å². The van der Waals surface area contributed by atoms with Gasteiger partial charge in [0.05, 0.1) is 12.6 Å². The maximum Gasteiger partial charge on any atom is 0.245 e. The van der Waals surface area contributed by atoms with Crippen molar-refractivity contribution < 1.29 is 19.2 Å². The number of likely N-dealkylation sites (N-methyl/N-ethyl adjacent to an activating group) is 2. The highest BCUT2D eigenvalue weighted by atomic mass is 16.2. The van der Waals surface area contributed by atoms with E-state index in [0.29, 0.717) is 6.42 Å². The van der Waals surface area contributed by atoms with Gasteiger partial charge >= 0.3 is 0 Å². The van der Waals surface area contributed by atoms with E-state index in [1.807, 2.05) is 30.3 Å². The third-order valence-corrected chi connectivity index (χ3v) is 4.27. The number of nitrogens with zero attached hydrogens (tertiary/aromatic N) is 2. The summed E-state index contributed by atoms with van der Waals surface area (Å²) >= 11 is 0. The topological polar surface area (TPSA) is 86.8 Å². The van der Waals surface area contributed by atoms with Crippen molar-refractivity contribution in [2.75, 3.05) is 20.6 Å². The molecule has 0 saturated carbocycles. The molecule has 7 heteroatoms. The molecule has 1 N–H and O–H groups in total. The normalized spacial score (nSPS) is 12.7. The van der Waals surface area contributed by atoms with Crippen LogP contribution in [0.5, 0.6) is 0 Å². The van der Waals surface area contributed by atoms with E-state index in [9.17, 15) is 19.2 Å². The second-order valence-electron chi connectivity index (χ2n) is 6.43. The zero-order chi connectivity index (χ0) is 19.9. The van der Waals surface area contributed by atoms with Crippen LogP contribution in [0.3, 0.4) is 0 Å². The van der Waals surface area contributed by atoms with Crippen molar-refractivity contribution in [1.82, 2.24) is 15.1 Å². The Balaban J connectivity index is 2.81. The van der Waals surface area contributed by atoms with Crippen molar-refractivity contribution in [2.45, 2.75) is 39.3 Å². The van der Waals surface area contributed by atoms with Crippen molar-refractivity contribution in [1.29, 1.82) is 0 Å². The number of amides is 3. The Morgan fingerprint density at radius 1 is 1.04 bits per heavy atom. The van der Waals surface area contributed by atoms with Gasteiger partial charge in [0.1, 0.15) is 6.04 Å². The minimum Gasteiger partial charge on any atom is -0.344 e. The van der Waals surface area contributed by atoms with Gasteiger partial charge in [0.2, 0.25) is 17.7 Å². The van der Waals surface area contributed by atoms with Crippen molar-refractivity contribution in [3.8, 4) is 0 Å². The molecule has 0 bridgehead atoms. The van der Waals surface area contributed by atoms with Crippen LogP contribution in [0, 0.1) is 0 Å². The molecule has 0 aliphatic carbocycles. The lowest BCUT2D eigenvalue weighted by Gasteiger charge is -2.28. The molecule has 7 nitrogen and oxygen atoms in total. The van der Waals surface area contributed by atoms with E-state index in [1.165, 1.54) is 37.7 Å². The quantitative estimate of drug-likeness (QED) is 0.736. The summed E-state index contributed by atoms with van der Waals surface area (Å²) in [6.07, 6.45) is 0.331. The van der Waals surface area contributed by atoms with Crippen LogP contribution in [0.15, 0.2) is 30.3 Å². The minimum atomic E-state index is -0.761. The summed E-state index contributed by atoms with van der Waals surface area (Å²) in [5.41, 5.74) is 0.904. The van der Waals surface area contributed by atoms with Gasteiger partial charge in [-0.05, 0) is 19.4 Å². The Hall–Kier alpha value is -2.70. The SMILES string of the molecule is CC(=O)N[C@@H](Cc1ccccc1)C(=O)N(C)CC(=O)N(C)C(C)C(C)=O. The number of Topliss-reactive ketones (excluding diaryl/α,β-unsaturated/α-hetero) is 1. The lowest BCUT2D eigenvalue weighted by molar-refractivity contribution is -0.143. The number of carbonyl (C=O) groups is 4. The molecular formula is C19H27N3O4. The predicted molar refractivity (Wildman–Crippen MR) is 98.3 cm³/mol. The largest absolute Gasteiger partial charge is 0.344 e. The molecule has 0 radical (unpaired) electrons. The molecule has 0 spiro atoms. The highest BCUT2D eigenvalue weighted by Crippen LogP contribution is 2.07. The standard InChI is InChI=1S/C19H27N3O4/c1-13(14(2)23)22(5)18(25)12-21(4)19(26)17(20-15(3)24)11-16-9-7-6-8-10-16/h6-10,13,17H,11-12H2,1-5H3,(H,20,24)/t13?,17-/m0/s1.